The van der Waals surface area contributed by atoms with E-state index in [2.05, 4.69) is 52.8 Å². The predicted molar refractivity (Wildman–Crippen MR) is 135 cm³/mol. The number of carbonyl (C=O) groups is 1. The smallest absolute Gasteiger partial charge is 0.230 e. The van der Waals surface area contributed by atoms with E-state index in [0.717, 1.165) is 52.0 Å². The molecule has 4 aromatic rings. The van der Waals surface area contributed by atoms with Crippen LogP contribution in [0.1, 0.15) is 54.9 Å². The van der Waals surface area contributed by atoms with E-state index >= 15 is 0 Å². The number of benzene rings is 1. The van der Waals surface area contributed by atoms with Gasteiger partial charge in [-0.2, -0.15) is 0 Å². The van der Waals surface area contributed by atoms with Crippen LogP contribution in [0.25, 0.3) is 15.9 Å². The van der Waals surface area contributed by atoms with Crippen LogP contribution >= 0.6 is 23.1 Å². The number of carbonyl (C=O) groups excluding carboxylic acids is 1. The van der Waals surface area contributed by atoms with Crippen molar-refractivity contribution in [2.75, 3.05) is 12.3 Å². The van der Waals surface area contributed by atoms with Gasteiger partial charge in [0.25, 0.3) is 0 Å². The molecule has 1 aromatic carbocycles. The number of aryl methyl sites for hydroxylation is 1. The summed E-state index contributed by atoms with van der Waals surface area (Å²) < 4.78 is 2.08. The first-order chi connectivity index (χ1) is 16.0. The van der Waals surface area contributed by atoms with Gasteiger partial charge < -0.3 is 5.32 Å². The molecule has 0 saturated carbocycles. The summed E-state index contributed by atoms with van der Waals surface area (Å²) in [7, 11) is 0. The first-order valence-electron chi connectivity index (χ1n) is 11.6. The summed E-state index contributed by atoms with van der Waals surface area (Å²) in [6.45, 7) is 7.25. The molecule has 1 amide bonds. The second-order valence-electron chi connectivity index (χ2n) is 9.17. The Balaban J connectivity index is 1.37. The average molecular weight is 480 g/mol. The number of fused-ring (bicyclic) bond motifs is 5. The maximum Gasteiger partial charge on any atom is 0.230 e. The zero-order valence-corrected chi connectivity index (χ0v) is 20.9. The third kappa shape index (κ3) is 4.51. The Morgan fingerprint density at radius 3 is 2.88 bits per heavy atom. The summed E-state index contributed by atoms with van der Waals surface area (Å²) in [4.78, 5) is 20.1. The SMILES string of the molecule is CC(C)c1nc2sc3c(c2c2nnc(SCC(=O)NCCc4ccccc4)n12)CC[C@H](C)C3. The number of rotatable bonds is 7. The second-order valence-corrected chi connectivity index (χ2v) is 11.2. The summed E-state index contributed by atoms with van der Waals surface area (Å²) in [6, 6.07) is 10.2. The number of thioether (sulfide) groups is 1. The molecule has 0 aliphatic heterocycles. The average Bonchev–Trinajstić information content (AvgIpc) is 3.38. The Hall–Kier alpha value is -2.45. The van der Waals surface area contributed by atoms with Crippen LogP contribution in [0.3, 0.4) is 0 Å². The zero-order valence-electron chi connectivity index (χ0n) is 19.3. The van der Waals surface area contributed by atoms with Gasteiger partial charge in [0.1, 0.15) is 10.7 Å². The second kappa shape index (κ2) is 9.43. The van der Waals surface area contributed by atoms with E-state index in [0.29, 0.717) is 12.3 Å². The van der Waals surface area contributed by atoms with Gasteiger partial charge in [-0.05, 0) is 42.7 Å². The van der Waals surface area contributed by atoms with Crippen LogP contribution in [0.5, 0.6) is 0 Å². The van der Waals surface area contributed by atoms with Crippen LogP contribution in [0.15, 0.2) is 35.5 Å². The van der Waals surface area contributed by atoms with Gasteiger partial charge in [0.15, 0.2) is 10.8 Å². The molecule has 172 valence electrons. The Bertz CT molecular complexity index is 1290. The molecular formula is C25H29N5OS2. The Kier molecular flexibility index (Phi) is 6.38. The van der Waals surface area contributed by atoms with Gasteiger partial charge in [-0.1, -0.05) is 62.9 Å². The van der Waals surface area contributed by atoms with Crippen molar-refractivity contribution in [2.24, 2.45) is 5.92 Å². The summed E-state index contributed by atoms with van der Waals surface area (Å²) in [5, 5.41) is 14.0. The molecule has 0 bridgehead atoms. The maximum atomic E-state index is 12.5. The van der Waals surface area contributed by atoms with Gasteiger partial charge in [0.2, 0.25) is 5.91 Å². The van der Waals surface area contributed by atoms with Crippen molar-refractivity contribution in [1.82, 2.24) is 24.9 Å². The van der Waals surface area contributed by atoms with Gasteiger partial charge >= 0.3 is 0 Å². The summed E-state index contributed by atoms with van der Waals surface area (Å²) in [5.74, 6) is 2.22. The standard InChI is InChI=1S/C25H29N5OS2/c1-15(2)22-27-24-21(18-10-9-16(3)13-19(18)33-24)23-28-29-25(30(22)23)32-14-20(31)26-12-11-17-7-5-4-6-8-17/h4-8,15-16H,9-14H2,1-3H3,(H,26,31)/t16-/m0/s1. The Morgan fingerprint density at radius 1 is 1.27 bits per heavy atom. The minimum absolute atomic E-state index is 0.00900. The van der Waals surface area contributed by atoms with E-state index in [-0.39, 0.29) is 11.8 Å². The molecule has 1 aliphatic carbocycles. The van der Waals surface area contributed by atoms with Crippen LogP contribution in [0.2, 0.25) is 0 Å². The lowest BCUT2D eigenvalue weighted by Crippen LogP contribution is -2.27. The quantitative estimate of drug-likeness (QED) is 0.376. The van der Waals surface area contributed by atoms with Gasteiger partial charge in [-0.25, -0.2) is 4.98 Å². The highest BCUT2D eigenvalue weighted by molar-refractivity contribution is 7.99. The fourth-order valence-electron chi connectivity index (χ4n) is 4.49. The van der Waals surface area contributed by atoms with Crippen LogP contribution in [0, 0.1) is 5.92 Å². The van der Waals surface area contributed by atoms with Crippen molar-refractivity contribution in [1.29, 1.82) is 0 Å². The molecule has 3 heterocycles. The van der Waals surface area contributed by atoms with Crippen LogP contribution in [-0.2, 0) is 24.1 Å². The van der Waals surface area contributed by atoms with Crippen LogP contribution in [0.4, 0.5) is 0 Å². The molecule has 3 aromatic heterocycles. The highest BCUT2D eigenvalue weighted by Crippen LogP contribution is 2.40. The molecular weight excluding hydrogens is 450 g/mol. The monoisotopic (exact) mass is 479 g/mol. The first-order valence-corrected chi connectivity index (χ1v) is 13.4. The molecule has 8 heteroatoms. The minimum atomic E-state index is 0.00900. The number of hydrogen-bond donors (Lipinski definition) is 1. The number of hydrogen-bond acceptors (Lipinski definition) is 6. The van der Waals surface area contributed by atoms with Crippen molar-refractivity contribution in [3.05, 3.63) is 52.2 Å². The van der Waals surface area contributed by atoms with E-state index in [4.69, 9.17) is 4.98 Å². The number of nitrogens with zero attached hydrogens (tertiary/aromatic N) is 4. The number of aromatic nitrogens is 4. The number of thiophene rings is 1. The summed E-state index contributed by atoms with van der Waals surface area (Å²) in [6.07, 6.45) is 4.23. The fourth-order valence-corrected chi connectivity index (χ4v) is 6.65. The lowest BCUT2D eigenvalue weighted by molar-refractivity contribution is -0.118. The fraction of sp³-hybridized carbons (Fsp3) is 0.440. The summed E-state index contributed by atoms with van der Waals surface area (Å²) in [5.41, 5.74) is 3.52. The lowest BCUT2D eigenvalue weighted by atomic mass is 9.89. The van der Waals surface area contributed by atoms with Crippen LogP contribution < -0.4 is 5.32 Å². The lowest BCUT2D eigenvalue weighted by Gasteiger charge is -2.17. The molecule has 1 atom stereocenters. The van der Waals surface area contributed by atoms with E-state index < -0.39 is 0 Å². The van der Waals surface area contributed by atoms with Crippen molar-refractivity contribution in [2.45, 2.75) is 57.5 Å². The predicted octanol–water partition coefficient (Wildman–Crippen LogP) is 5.04. The van der Waals surface area contributed by atoms with Gasteiger partial charge in [0.05, 0.1) is 11.1 Å². The molecule has 1 aliphatic rings. The highest BCUT2D eigenvalue weighted by atomic mass is 32.2. The Labute approximate surface area is 202 Å². The van der Waals surface area contributed by atoms with Crippen LogP contribution in [-0.4, -0.2) is 37.8 Å². The van der Waals surface area contributed by atoms with Gasteiger partial charge in [-0.3, -0.25) is 9.20 Å². The number of nitrogens with one attached hydrogen (secondary N) is 1. The zero-order chi connectivity index (χ0) is 22.9. The number of amides is 1. The molecule has 33 heavy (non-hydrogen) atoms. The maximum absolute atomic E-state index is 12.5. The van der Waals surface area contributed by atoms with E-state index in [1.165, 1.54) is 34.2 Å². The molecule has 0 unspecified atom stereocenters. The molecule has 1 N–H and O–H groups in total. The van der Waals surface area contributed by atoms with E-state index in [1.54, 1.807) is 0 Å². The largest absolute Gasteiger partial charge is 0.355 e. The van der Waals surface area contributed by atoms with Gasteiger partial charge in [-0.15, -0.1) is 21.5 Å². The third-order valence-electron chi connectivity index (χ3n) is 6.22. The molecule has 0 radical (unpaired) electrons. The summed E-state index contributed by atoms with van der Waals surface area (Å²) >= 11 is 3.25. The van der Waals surface area contributed by atoms with Crippen molar-refractivity contribution in [3.8, 4) is 0 Å². The van der Waals surface area contributed by atoms with Gasteiger partial charge in [0, 0.05) is 17.3 Å². The normalized spacial score (nSPS) is 15.9. The van der Waals surface area contributed by atoms with Crippen molar-refractivity contribution >= 4 is 44.9 Å². The molecule has 5 rings (SSSR count). The highest BCUT2D eigenvalue weighted by Gasteiger charge is 2.26. The minimum Gasteiger partial charge on any atom is -0.355 e. The molecule has 0 spiro atoms. The molecule has 0 fully saturated rings. The third-order valence-corrected chi connectivity index (χ3v) is 8.30. The topological polar surface area (TPSA) is 72.2 Å². The van der Waals surface area contributed by atoms with Crippen molar-refractivity contribution < 1.29 is 4.79 Å². The molecule has 6 nitrogen and oxygen atoms in total. The Morgan fingerprint density at radius 2 is 2.09 bits per heavy atom. The first kappa shape index (κ1) is 22.3. The van der Waals surface area contributed by atoms with E-state index in [9.17, 15) is 4.79 Å². The molecule has 0 saturated heterocycles. The van der Waals surface area contributed by atoms with E-state index in [1.807, 2.05) is 29.5 Å². The van der Waals surface area contributed by atoms with Crippen molar-refractivity contribution in [3.63, 3.8) is 0 Å².